The van der Waals surface area contributed by atoms with E-state index in [9.17, 15) is 26.4 Å². The van der Waals surface area contributed by atoms with E-state index in [1.807, 2.05) is 6.92 Å². The second-order valence-corrected chi connectivity index (χ2v) is 13.8. The van der Waals surface area contributed by atoms with Gasteiger partial charge >= 0.3 is 6.18 Å². The van der Waals surface area contributed by atoms with Gasteiger partial charge in [0.1, 0.15) is 12.1 Å². The fraction of sp³-hybridized carbons (Fsp3) is 0.417. The molecular formula is C24H27F3N8O3S3. The summed E-state index contributed by atoms with van der Waals surface area (Å²) in [6, 6.07) is 1.45. The van der Waals surface area contributed by atoms with E-state index >= 15 is 0 Å². The molecule has 1 fully saturated rings. The Bertz CT molecular complexity index is 1710. The van der Waals surface area contributed by atoms with Crippen molar-refractivity contribution < 1.29 is 26.4 Å². The Morgan fingerprint density at radius 3 is 2.54 bits per heavy atom. The molecule has 0 spiro atoms. The number of rotatable bonds is 8. The Labute approximate surface area is 241 Å². The molecule has 0 aromatic carbocycles. The molecule has 0 bridgehead atoms. The first-order valence-electron chi connectivity index (χ1n) is 12.5. The molecule has 0 radical (unpaired) electrons. The molecule has 0 saturated carbocycles. The van der Waals surface area contributed by atoms with Crippen LogP contribution in [0.2, 0.25) is 0 Å². The number of nitrogens with two attached hydrogens (primary N) is 1. The lowest BCUT2D eigenvalue weighted by Gasteiger charge is -2.35. The summed E-state index contributed by atoms with van der Waals surface area (Å²) in [5, 5.41) is 4.65. The Balaban J connectivity index is 1.23. The number of piperazine rings is 1. The topological polar surface area (TPSA) is 139 Å². The van der Waals surface area contributed by atoms with Crippen LogP contribution in [0.1, 0.15) is 34.2 Å². The lowest BCUT2D eigenvalue weighted by molar-refractivity contribution is -0.136. The standard InChI is InChI=1S/C24H27F3N8O3S3/c1-13(31-21-19-18(29-12-30-21)17(11-39-19)24(25,26)27)9-33-4-6-34(7-5-33)41(37,38)22-15(3)32-23(40-22)35-10-16(20(28)36)8-14(35)2/h8,10-13H,4-7,9H2,1-3H3,(H2,28,36)(H,29,30,31)/t13-/m0/s1. The van der Waals surface area contributed by atoms with Gasteiger partial charge in [-0.3, -0.25) is 14.3 Å². The summed E-state index contributed by atoms with van der Waals surface area (Å²) in [6.07, 6.45) is -1.84. The quantitative estimate of drug-likeness (QED) is 0.303. The van der Waals surface area contributed by atoms with E-state index in [4.69, 9.17) is 5.73 Å². The van der Waals surface area contributed by atoms with Crippen molar-refractivity contribution in [2.24, 2.45) is 5.73 Å². The molecule has 11 nitrogen and oxygen atoms in total. The van der Waals surface area contributed by atoms with Gasteiger partial charge in [0.2, 0.25) is 5.91 Å². The van der Waals surface area contributed by atoms with Crippen LogP contribution < -0.4 is 11.1 Å². The van der Waals surface area contributed by atoms with E-state index < -0.39 is 27.7 Å². The first-order chi connectivity index (χ1) is 19.3. The molecule has 1 saturated heterocycles. The number of amides is 1. The molecule has 0 unspecified atom stereocenters. The SMILES string of the molecule is Cc1nc(-n2cc(C(N)=O)cc2C)sc1S(=O)(=O)N1CCN(C[C@H](C)Nc2ncnc3c(C(F)(F)F)csc23)CC1. The number of thiazole rings is 1. The van der Waals surface area contributed by atoms with Gasteiger partial charge in [0.05, 0.1) is 27.0 Å². The highest BCUT2D eigenvalue weighted by molar-refractivity contribution is 7.91. The highest BCUT2D eigenvalue weighted by Gasteiger charge is 2.35. The van der Waals surface area contributed by atoms with Crippen molar-refractivity contribution in [3.8, 4) is 5.13 Å². The molecule has 4 aromatic rings. The Morgan fingerprint density at radius 2 is 1.90 bits per heavy atom. The van der Waals surface area contributed by atoms with Crippen LogP contribution >= 0.6 is 22.7 Å². The van der Waals surface area contributed by atoms with Gasteiger partial charge < -0.3 is 11.1 Å². The first kappa shape index (κ1) is 29.4. The highest BCUT2D eigenvalue weighted by atomic mass is 32.2. The van der Waals surface area contributed by atoms with E-state index in [1.165, 1.54) is 4.31 Å². The van der Waals surface area contributed by atoms with Crippen molar-refractivity contribution in [2.75, 3.05) is 38.0 Å². The van der Waals surface area contributed by atoms with Crippen molar-refractivity contribution in [3.05, 3.63) is 46.5 Å². The van der Waals surface area contributed by atoms with Gasteiger partial charge in [-0.1, -0.05) is 11.3 Å². The molecular weight excluding hydrogens is 602 g/mol. The number of nitrogens with zero attached hydrogens (tertiary/aromatic N) is 6. The summed E-state index contributed by atoms with van der Waals surface area (Å²) in [5.41, 5.74) is 5.84. The maximum atomic E-state index is 13.5. The van der Waals surface area contributed by atoms with Crippen molar-refractivity contribution in [1.82, 2.24) is 28.7 Å². The minimum Gasteiger partial charge on any atom is -0.366 e. The zero-order valence-corrected chi connectivity index (χ0v) is 24.7. The van der Waals surface area contributed by atoms with Crippen LogP contribution in [0, 0.1) is 13.8 Å². The number of halogens is 3. The number of nitrogens with one attached hydrogen (secondary N) is 1. The smallest absolute Gasteiger partial charge is 0.366 e. The third-order valence-electron chi connectivity index (χ3n) is 6.73. The monoisotopic (exact) mass is 628 g/mol. The van der Waals surface area contributed by atoms with Crippen molar-refractivity contribution in [3.63, 3.8) is 0 Å². The second-order valence-electron chi connectivity index (χ2n) is 9.77. The predicted molar refractivity (Wildman–Crippen MR) is 150 cm³/mol. The minimum atomic E-state index is -4.50. The average molecular weight is 629 g/mol. The van der Waals surface area contributed by atoms with E-state index in [1.54, 1.807) is 30.7 Å². The normalized spacial score (nSPS) is 16.3. The van der Waals surface area contributed by atoms with Crippen LogP contribution in [0.25, 0.3) is 15.3 Å². The summed E-state index contributed by atoms with van der Waals surface area (Å²) >= 11 is 1.97. The fourth-order valence-corrected chi connectivity index (χ4v) is 8.79. The molecule has 220 valence electrons. The summed E-state index contributed by atoms with van der Waals surface area (Å²) in [7, 11) is -3.80. The molecule has 41 heavy (non-hydrogen) atoms. The summed E-state index contributed by atoms with van der Waals surface area (Å²) < 4.78 is 70.4. The number of sulfonamides is 1. The number of aromatic nitrogens is 4. The van der Waals surface area contributed by atoms with Crippen molar-refractivity contribution >= 4 is 54.6 Å². The number of hydrogen-bond donors (Lipinski definition) is 2. The highest BCUT2D eigenvalue weighted by Crippen LogP contribution is 2.39. The van der Waals surface area contributed by atoms with Crippen LogP contribution in [-0.2, 0) is 16.2 Å². The van der Waals surface area contributed by atoms with Crippen LogP contribution in [0.4, 0.5) is 19.0 Å². The van der Waals surface area contributed by atoms with Crippen LogP contribution in [0.3, 0.4) is 0 Å². The number of carbonyl (C=O) groups is 1. The van der Waals surface area contributed by atoms with Gasteiger partial charge in [-0.15, -0.1) is 11.3 Å². The van der Waals surface area contributed by atoms with Crippen molar-refractivity contribution in [1.29, 1.82) is 0 Å². The van der Waals surface area contributed by atoms with Crippen LogP contribution in [0.5, 0.6) is 0 Å². The molecule has 1 aliphatic rings. The fourth-order valence-electron chi connectivity index (χ4n) is 4.72. The number of fused-ring (bicyclic) bond motifs is 1. The molecule has 3 N–H and O–H groups in total. The third-order valence-corrected chi connectivity index (χ3v) is 11.3. The van der Waals surface area contributed by atoms with Gasteiger partial charge in [-0.2, -0.15) is 17.5 Å². The summed E-state index contributed by atoms with van der Waals surface area (Å²) in [5.74, 6) is -0.246. The number of anilines is 1. The Morgan fingerprint density at radius 1 is 1.20 bits per heavy atom. The van der Waals surface area contributed by atoms with Gasteiger partial charge in [0.15, 0.2) is 9.34 Å². The Kier molecular flexibility index (Phi) is 7.84. The minimum absolute atomic E-state index is 0.132. The van der Waals surface area contributed by atoms with Gasteiger partial charge in [-0.25, -0.2) is 23.4 Å². The predicted octanol–water partition coefficient (Wildman–Crippen LogP) is 3.48. The maximum absolute atomic E-state index is 13.5. The molecule has 17 heteroatoms. The molecule has 5 rings (SSSR count). The molecule has 1 atom stereocenters. The molecule has 1 amide bonds. The number of thiophene rings is 1. The Hall–Kier alpha value is -3.12. The van der Waals surface area contributed by atoms with E-state index in [2.05, 4.69) is 25.2 Å². The molecule has 5 heterocycles. The third kappa shape index (κ3) is 5.81. The van der Waals surface area contributed by atoms with Crippen LogP contribution in [-0.4, -0.2) is 81.8 Å². The van der Waals surface area contributed by atoms with Crippen molar-refractivity contribution in [2.45, 2.75) is 37.2 Å². The lowest BCUT2D eigenvalue weighted by Crippen LogP contribution is -2.50. The number of hydrogen-bond acceptors (Lipinski definition) is 10. The summed E-state index contributed by atoms with van der Waals surface area (Å²) in [6.45, 7) is 7.34. The zero-order valence-electron chi connectivity index (χ0n) is 22.3. The zero-order chi connectivity index (χ0) is 29.7. The van der Waals surface area contributed by atoms with Gasteiger partial charge in [0.25, 0.3) is 10.0 Å². The number of carbonyl (C=O) groups excluding carboxylic acids is 1. The number of aryl methyl sites for hydroxylation is 2. The van der Waals surface area contributed by atoms with Gasteiger partial charge in [0, 0.05) is 56.0 Å². The molecule has 4 aromatic heterocycles. The van der Waals surface area contributed by atoms with Gasteiger partial charge in [-0.05, 0) is 26.8 Å². The summed E-state index contributed by atoms with van der Waals surface area (Å²) in [4.78, 5) is 26.1. The molecule has 0 aliphatic carbocycles. The van der Waals surface area contributed by atoms with Crippen LogP contribution in [0.15, 0.2) is 28.2 Å². The second kappa shape index (κ2) is 10.9. The average Bonchev–Trinajstić information content (AvgIpc) is 3.61. The molecule has 1 aliphatic heterocycles. The number of alkyl halides is 3. The largest absolute Gasteiger partial charge is 0.419 e. The van der Waals surface area contributed by atoms with E-state index in [-0.39, 0.29) is 28.9 Å². The van der Waals surface area contributed by atoms with E-state index in [0.717, 1.165) is 34.4 Å². The number of primary amides is 1. The van der Waals surface area contributed by atoms with E-state index in [0.29, 0.717) is 52.2 Å². The first-order valence-corrected chi connectivity index (χ1v) is 15.6. The maximum Gasteiger partial charge on any atom is 0.419 e. The lowest BCUT2D eigenvalue weighted by atomic mass is 10.2.